The number of ether oxygens (including phenoxy) is 1. The third-order valence-electron chi connectivity index (χ3n) is 6.13. The molecule has 2 aromatic carbocycles. The monoisotopic (exact) mass is 451 g/mol. The molecule has 32 heavy (non-hydrogen) atoms. The van der Waals surface area contributed by atoms with Crippen molar-refractivity contribution in [3.05, 3.63) is 53.4 Å². The zero-order valence-corrected chi connectivity index (χ0v) is 19.0. The molecule has 0 unspecified atom stereocenters. The minimum Gasteiger partial charge on any atom is -0.494 e. The van der Waals surface area contributed by atoms with E-state index in [1.165, 1.54) is 21.3 Å². The molecule has 1 aromatic heterocycles. The second-order valence-electron chi connectivity index (χ2n) is 8.31. The Morgan fingerprint density at radius 3 is 3.00 bits per heavy atom. The number of nitrogens with one attached hydrogen (secondary N) is 1. The topological polar surface area (TPSA) is 54.0 Å². The first kappa shape index (κ1) is 21.2. The van der Waals surface area contributed by atoms with Gasteiger partial charge in [-0.1, -0.05) is 12.1 Å². The lowest BCUT2D eigenvalue weighted by Crippen LogP contribution is -2.31. The fourth-order valence-electron chi connectivity index (χ4n) is 4.37. The summed E-state index contributed by atoms with van der Waals surface area (Å²) in [5.41, 5.74) is 3.25. The van der Waals surface area contributed by atoms with Crippen LogP contribution in [0.15, 0.2) is 47.8 Å². The van der Waals surface area contributed by atoms with E-state index in [0.29, 0.717) is 19.6 Å². The van der Waals surface area contributed by atoms with Crippen LogP contribution in [-0.4, -0.2) is 50.2 Å². The van der Waals surface area contributed by atoms with E-state index >= 15 is 0 Å². The van der Waals surface area contributed by atoms with Gasteiger partial charge in [-0.25, -0.2) is 0 Å². The van der Waals surface area contributed by atoms with Gasteiger partial charge < -0.3 is 10.1 Å². The predicted molar refractivity (Wildman–Crippen MR) is 130 cm³/mol. The Labute approximate surface area is 192 Å². The van der Waals surface area contributed by atoms with Gasteiger partial charge in [0, 0.05) is 41.4 Å². The molecule has 2 aliphatic heterocycles. The van der Waals surface area contributed by atoms with Crippen LogP contribution in [0.25, 0.3) is 10.1 Å². The van der Waals surface area contributed by atoms with Crippen molar-refractivity contribution < 1.29 is 14.4 Å². The van der Waals surface area contributed by atoms with Gasteiger partial charge in [0.25, 0.3) is 0 Å². The predicted octanol–water partition coefficient (Wildman–Crippen LogP) is 4.70. The summed E-state index contributed by atoms with van der Waals surface area (Å²) in [6, 6.07) is 14.6. The van der Waals surface area contributed by atoms with Crippen LogP contribution in [-0.2, 0) is 16.1 Å². The van der Waals surface area contributed by atoms with E-state index in [1.54, 1.807) is 11.3 Å². The van der Waals surface area contributed by atoms with Gasteiger partial charge in [0.15, 0.2) is 0 Å². The molecule has 7 heteroatoms. The number of benzene rings is 2. The number of anilines is 2. The Balaban J connectivity index is 1.06. The third kappa shape index (κ3) is 4.90. The first-order chi connectivity index (χ1) is 15.8. The Morgan fingerprint density at radius 2 is 2.03 bits per heavy atom. The van der Waals surface area contributed by atoms with Crippen molar-refractivity contribution in [3.63, 3.8) is 0 Å². The summed E-state index contributed by atoms with van der Waals surface area (Å²) in [6.07, 6.45) is 3.46. The van der Waals surface area contributed by atoms with Crippen LogP contribution in [0.5, 0.6) is 5.75 Å². The highest BCUT2D eigenvalue weighted by Crippen LogP contribution is 2.31. The number of unbranched alkanes of at least 4 members (excludes halogenated alkanes) is 1. The van der Waals surface area contributed by atoms with E-state index in [1.807, 2.05) is 12.1 Å². The lowest BCUT2D eigenvalue weighted by molar-refractivity contribution is -0.116. The Kier molecular flexibility index (Phi) is 6.57. The summed E-state index contributed by atoms with van der Waals surface area (Å²) < 4.78 is 7.23. The molecule has 0 aliphatic carbocycles. The van der Waals surface area contributed by atoms with E-state index < -0.39 is 0 Å². The number of aryl methyl sites for hydroxylation is 1. The summed E-state index contributed by atoms with van der Waals surface area (Å²) >= 11 is 1.77. The van der Waals surface area contributed by atoms with E-state index in [9.17, 15) is 4.79 Å². The maximum Gasteiger partial charge on any atom is 0.224 e. The fraction of sp³-hybridized carbons (Fsp3) is 0.400. The minimum atomic E-state index is 0.0849. The molecule has 5 rings (SSSR count). The third-order valence-corrected chi connectivity index (χ3v) is 7.01. The van der Waals surface area contributed by atoms with Crippen molar-refractivity contribution in [2.24, 2.45) is 0 Å². The number of carbonyl (C=O) groups excluding carboxylic acids is 1. The van der Waals surface area contributed by atoms with Crippen LogP contribution in [0.2, 0.25) is 0 Å². The zero-order chi connectivity index (χ0) is 21.8. The number of hydrogen-bond acceptors (Lipinski definition) is 6. The number of hydroxylamine groups is 1. The lowest BCUT2D eigenvalue weighted by Gasteiger charge is -2.23. The van der Waals surface area contributed by atoms with Gasteiger partial charge in [-0.05, 0) is 61.0 Å². The molecule has 0 atom stereocenters. The Bertz CT molecular complexity index is 1080. The van der Waals surface area contributed by atoms with E-state index in [0.717, 1.165) is 56.9 Å². The van der Waals surface area contributed by atoms with Crippen molar-refractivity contribution in [3.8, 4) is 5.75 Å². The molecule has 6 nitrogen and oxygen atoms in total. The van der Waals surface area contributed by atoms with Gasteiger partial charge in [0.05, 0.1) is 25.4 Å². The van der Waals surface area contributed by atoms with Crippen molar-refractivity contribution in [2.75, 3.05) is 49.8 Å². The van der Waals surface area contributed by atoms with Crippen molar-refractivity contribution in [2.45, 2.75) is 25.7 Å². The van der Waals surface area contributed by atoms with Crippen LogP contribution in [0, 0.1) is 0 Å². The van der Waals surface area contributed by atoms with Crippen molar-refractivity contribution >= 4 is 38.7 Å². The molecule has 168 valence electrons. The highest BCUT2D eigenvalue weighted by atomic mass is 32.1. The molecule has 0 radical (unpaired) electrons. The smallest absolute Gasteiger partial charge is 0.224 e. The van der Waals surface area contributed by atoms with Gasteiger partial charge in [-0.2, -0.15) is 0 Å². The molecule has 3 heterocycles. The van der Waals surface area contributed by atoms with Crippen LogP contribution in [0.4, 0.5) is 11.4 Å². The van der Waals surface area contributed by atoms with Gasteiger partial charge in [-0.3, -0.25) is 19.6 Å². The second kappa shape index (κ2) is 9.90. The molecular weight excluding hydrogens is 422 g/mol. The van der Waals surface area contributed by atoms with Crippen LogP contribution >= 0.6 is 11.3 Å². The van der Waals surface area contributed by atoms with Crippen molar-refractivity contribution in [1.29, 1.82) is 0 Å². The van der Waals surface area contributed by atoms with E-state index in [2.05, 4.69) is 51.0 Å². The number of amides is 1. The summed E-state index contributed by atoms with van der Waals surface area (Å²) in [5, 5.41) is 8.40. The van der Waals surface area contributed by atoms with Crippen molar-refractivity contribution in [1.82, 2.24) is 4.90 Å². The highest BCUT2D eigenvalue weighted by molar-refractivity contribution is 7.17. The lowest BCUT2D eigenvalue weighted by atomic mass is 10.0. The summed E-state index contributed by atoms with van der Waals surface area (Å²) in [6.45, 7) is 5.24. The minimum absolute atomic E-state index is 0.0849. The number of hydrogen-bond donors (Lipinski definition) is 1. The molecule has 0 saturated carbocycles. The summed E-state index contributed by atoms with van der Waals surface area (Å²) in [7, 11) is 0. The first-order valence-electron chi connectivity index (χ1n) is 11.4. The standard InChI is InChI=1S/C25H29N3O3S/c29-25-9-7-19-6-8-20(18-22(19)26-25)30-15-2-1-11-27-12-13-28(31-16-14-27)23-4-3-5-24-21(23)10-17-32-24/h3-6,8,10,17-18H,1-2,7,9,11-16H2,(H,26,29). The highest BCUT2D eigenvalue weighted by Gasteiger charge is 2.18. The number of nitrogens with zero attached hydrogens (tertiary/aromatic N) is 2. The number of fused-ring (bicyclic) bond motifs is 2. The second-order valence-corrected chi connectivity index (χ2v) is 9.26. The van der Waals surface area contributed by atoms with Gasteiger partial charge in [0.1, 0.15) is 5.75 Å². The fourth-order valence-corrected chi connectivity index (χ4v) is 5.17. The largest absolute Gasteiger partial charge is 0.494 e. The zero-order valence-electron chi connectivity index (χ0n) is 18.2. The van der Waals surface area contributed by atoms with Crippen LogP contribution < -0.4 is 15.1 Å². The number of rotatable bonds is 7. The van der Waals surface area contributed by atoms with Crippen LogP contribution in [0.1, 0.15) is 24.8 Å². The molecule has 1 fully saturated rings. The van der Waals surface area contributed by atoms with Crippen LogP contribution in [0.3, 0.4) is 0 Å². The number of carbonyl (C=O) groups is 1. The summed E-state index contributed by atoms with van der Waals surface area (Å²) in [4.78, 5) is 20.1. The van der Waals surface area contributed by atoms with Gasteiger partial charge in [-0.15, -0.1) is 11.3 Å². The maximum absolute atomic E-state index is 11.6. The molecule has 0 spiro atoms. The van der Waals surface area contributed by atoms with E-state index in [-0.39, 0.29) is 5.91 Å². The van der Waals surface area contributed by atoms with E-state index in [4.69, 9.17) is 9.57 Å². The van der Waals surface area contributed by atoms with Gasteiger partial charge in [0.2, 0.25) is 5.91 Å². The molecule has 1 amide bonds. The average molecular weight is 452 g/mol. The molecule has 1 saturated heterocycles. The molecular formula is C25H29N3O3S. The quantitative estimate of drug-likeness (QED) is 0.528. The SMILES string of the molecule is O=C1CCc2ccc(OCCCCN3CCON(c4cccc5sccc45)CC3)cc2N1. The maximum atomic E-state index is 11.6. The Hall–Kier alpha value is -2.61. The molecule has 0 bridgehead atoms. The first-order valence-corrected chi connectivity index (χ1v) is 12.3. The molecule has 1 N–H and O–H groups in total. The number of thiophene rings is 1. The normalized spacial score (nSPS) is 17.1. The average Bonchev–Trinajstić information content (AvgIpc) is 3.17. The molecule has 2 aliphatic rings. The molecule has 3 aromatic rings. The van der Waals surface area contributed by atoms with Gasteiger partial charge >= 0.3 is 0 Å². The Morgan fingerprint density at radius 1 is 1.06 bits per heavy atom. The summed E-state index contributed by atoms with van der Waals surface area (Å²) in [5.74, 6) is 0.911.